The normalized spacial score (nSPS) is 22.9. The predicted octanol–water partition coefficient (Wildman–Crippen LogP) is 9.36. The van der Waals surface area contributed by atoms with Gasteiger partial charge in [0.1, 0.15) is 0 Å². The quantitative estimate of drug-likeness (QED) is 0.320. The van der Waals surface area contributed by atoms with Crippen molar-refractivity contribution in [3.63, 3.8) is 0 Å². The van der Waals surface area contributed by atoms with Gasteiger partial charge in [0.25, 0.3) is 0 Å². The summed E-state index contributed by atoms with van der Waals surface area (Å²) in [4.78, 5) is 0. The van der Waals surface area contributed by atoms with Crippen LogP contribution >= 0.6 is 0 Å². The Morgan fingerprint density at radius 1 is 0.971 bits per heavy atom. The van der Waals surface area contributed by atoms with Gasteiger partial charge in [-0.1, -0.05) is 114 Å². The summed E-state index contributed by atoms with van der Waals surface area (Å²) in [6.45, 7) is 19.8. The molecule has 1 aliphatic carbocycles. The second kappa shape index (κ2) is 14.9. The summed E-state index contributed by atoms with van der Waals surface area (Å²) >= 11 is 0. The molecular weight excluding hydrogens is 420 g/mol. The van der Waals surface area contributed by atoms with Crippen LogP contribution in [0.5, 0.6) is 0 Å². The van der Waals surface area contributed by atoms with Crippen molar-refractivity contribution >= 4 is 12.7 Å². The number of hydrogen-bond acceptors (Lipinski definition) is 0. The first kappa shape index (κ1) is 28.9. The van der Waals surface area contributed by atoms with E-state index in [-0.39, 0.29) is 0 Å². The first-order valence-corrected chi connectivity index (χ1v) is 14.0. The SMILES string of the molecule is C=C(CCCC1(CCC)CC(C)CC(c2ccccc2)C1)C(/C=c1/ccccc1=C)=C/C.CCC. The summed E-state index contributed by atoms with van der Waals surface area (Å²) in [6, 6.07) is 19.6. The molecule has 0 nitrogen and oxygen atoms in total. The minimum Gasteiger partial charge on any atom is -0.0952 e. The highest BCUT2D eigenvalue weighted by atomic mass is 14.4. The van der Waals surface area contributed by atoms with Gasteiger partial charge in [0.05, 0.1) is 0 Å². The van der Waals surface area contributed by atoms with E-state index in [1.807, 2.05) is 6.07 Å². The largest absolute Gasteiger partial charge is 0.0952 e. The molecule has 0 aliphatic heterocycles. The van der Waals surface area contributed by atoms with E-state index in [1.54, 1.807) is 5.56 Å². The molecule has 3 unspecified atom stereocenters. The smallest absolute Gasteiger partial charge is 0.0154 e. The van der Waals surface area contributed by atoms with E-state index in [9.17, 15) is 0 Å². The van der Waals surface area contributed by atoms with E-state index < -0.39 is 0 Å². The van der Waals surface area contributed by atoms with Crippen molar-refractivity contribution in [1.29, 1.82) is 0 Å². The zero-order valence-electron chi connectivity index (χ0n) is 23.3. The first-order chi connectivity index (χ1) is 16.9. The minimum atomic E-state index is 0.479. The Balaban J connectivity index is 0.00000137. The van der Waals surface area contributed by atoms with E-state index in [0.29, 0.717) is 11.3 Å². The van der Waals surface area contributed by atoms with Crippen LogP contribution in [0.2, 0.25) is 0 Å². The van der Waals surface area contributed by atoms with Gasteiger partial charge in [-0.3, -0.25) is 0 Å². The average Bonchev–Trinajstić information content (AvgIpc) is 2.84. The fourth-order valence-electron chi connectivity index (χ4n) is 6.09. The lowest BCUT2D eigenvalue weighted by Crippen LogP contribution is -2.32. The minimum absolute atomic E-state index is 0.479. The van der Waals surface area contributed by atoms with Crippen LogP contribution in [0.1, 0.15) is 104 Å². The highest BCUT2D eigenvalue weighted by Crippen LogP contribution is 2.51. The highest BCUT2D eigenvalue weighted by molar-refractivity contribution is 5.56. The summed E-state index contributed by atoms with van der Waals surface area (Å²) < 4.78 is 0. The lowest BCUT2D eigenvalue weighted by atomic mass is 9.60. The summed E-state index contributed by atoms with van der Waals surface area (Å²) in [7, 11) is 0. The van der Waals surface area contributed by atoms with Crippen LogP contribution in [0.3, 0.4) is 0 Å². The van der Waals surface area contributed by atoms with Gasteiger partial charge >= 0.3 is 0 Å². The molecule has 2 aromatic carbocycles. The van der Waals surface area contributed by atoms with Crippen molar-refractivity contribution in [2.75, 3.05) is 0 Å². The van der Waals surface area contributed by atoms with Crippen LogP contribution in [0, 0.1) is 11.3 Å². The molecule has 1 fully saturated rings. The molecule has 35 heavy (non-hydrogen) atoms. The van der Waals surface area contributed by atoms with Crippen molar-refractivity contribution in [3.8, 4) is 0 Å². The van der Waals surface area contributed by atoms with Crippen molar-refractivity contribution in [3.05, 3.63) is 94.4 Å². The zero-order chi connectivity index (χ0) is 25.7. The van der Waals surface area contributed by atoms with Gasteiger partial charge in [-0.2, -0.15) is 0 Å². The van der Waals surface area contributed by atoms with Crippen LogP contribution in [0.4, 0.5) is 0 Å². The Kier molecular flexibility index (Phi) is 12.3. The van der Waals surface area contributed by atoms with Crippen molar-refractivity contribution in [2.45, 2.75) is 98.3 Å². The predicted molar refractivity (Wildman–Crippen MR) is 158 cm³/mol. The van der Waals surface area contributed by atoms with Crippen molar-refractivity contribution in [1.82, 2.24) is 0 Å². The maximum Gasteiger partial charge on any atom is -0.0154 e. The molecule has 0 amide bonds. The second-order valence-electron chi connectivity index (χ2n) is 10.9. The van der Waals surface area contributed by atoms with Gasteiger partial charge in [0.15, 0.2) is 0 Å². The van der Waals surface area contributed by atoms with E-state index in [4.69, 9.17) is 0 Å². The molecule has 0 spiro atoms. The Bertz CT molecular complexity index is 1030. The number of allylic oxidation sites excluding steroid dienone is 3. The molecule has 3 rings (SSSR count). The summed E-state index contributed by atoms with van der Waals surface area (Å²) in [5, 5.41) is 2.26. The number of hydrogen-bond donors (Lipinski definition) is 0. The van der Waals surface area contributed by atoms with Crippen LogP contribution in [0.15, 0.2) is 78.4 Å². The standard InChI is InChI=1S/C32H42.C3H8/c1-6-19-32(23-25(3)21-31(24-32)29-16-9-8-10-17-29)20-13-15-26(4)28(7-2)22-30-18-12-11-14-27(30)5;1-3-2/h7-12,14,16-18,22,25,31H,4-6,13,15,19-21,23-24H2,1-3H3;3H2,1-2H3/b28-7+,30-22-;. The van der Waals surface area contributed by atoms with E-state index in [2.05, 4.69) is 108 Å². The van der Waals surface area contributed by atoms with E-state index >= 15 is 0 Å². The summed E-state index contributed by atoms with van der Waals surface area (Å²) in [5.74, 6) is 1.51. The van der Waals surface area contributed by atoms with E-state index in [1.165, 1.54) is 67.7 Å². The maximum atomic E-state index is 4.46. The van der Waals surface area contributed by atoms with Crippen molar-refractivity contribution < 1.29 is 0 Å². The van der Waals surface area contributed by atoms with Crippen LogP contribution < -0.4 is 10.4 Å². The van der Waals surface area contributed by atoms with Gasteiger partial charge in [-0.25, -0.2) is 0 Å². The molecule has 2 aromatic rings. The molecule has 1 saturated carbocycles. The Hall–Kier alpha value is -2.34. The highest BCUT2D eigenvalue weighted by Gasteiger charge is 2.38. The Labute approximate surface area is 216 Å². The molecule has 0 bridgehead atoms. The zero-order valence-corrected chi connectivity index (χ0v) is 23.3. The molecule has 3 atom stereocenters. The fraction of sp³-hybridized carbons (Fsp3) is 0.486. The van der Waals surface area contributed by atoms with Crippen LogP contribution in [-0.4, -0.2) is 0 Å². The van der Waals surface area contributed by atoms with E-state index in [0.717, 1.165) is 17.6 Å². The van der Waals surface area contributed by atoms with Crippen LogP contribution in [-0.2, 0) is 0 Å². The fourth-order valence-corrected chi connectivity index (χ4v) is 6.09. The molecular formula is C35H50. The third-order valence-electron chi connectivity index (χ3n) is 7.47. The first-order valence-electron chi connectivity index (χ1n) is 14.0. The maximum absolute atomic E-state index is 4.46. The monoisotopic (exact) mass is 470 g/mol. The van der Waals surface area contributed by atoms with Gasteiger partial charge < -0.3 is 0 Å². The summed E-state index contributed by atoms with van der Waals surface area (Å²) in [5.41, 5.74) is 4.53. The van der Waals surface area contributed by atoms with Crippen molar-refractivity contribution in [2.24, 2.45) is 11.3 Å². The number of benzene rings is 2. The average molecular weight is 471 g/mol. The van der Waals surface area contributed by atoms with Gasteiger partial charge in [-0.15, -0.1) is 0 Å². The molecule has 0 radical (unpaired) electrons. The number of rotatable bonds is 9. The molecule has 1 aliphatic rings. The topological polar surface area (TPSA) is 0 Å². The molecule has 0 N–H and O–H groups in total. The van der Waals surface area contributed by atoms with Gasteiger partial charge in [0.2, 0.25) is 0 Å². The molecule has 0 heteroatoms. The Morgan fingerprint density at radius 3 is 2.26 bits per heavy atom. The summed E-state index contributed by atoms with van der Waals surface area (Å²) in [6.07, 6.45) is 16.0. The molecule has 0 aromatic heterocycles. The van der Waals surface area contributed by atoms with Crippen LogP contribution in [0.25, 0.3) is 12.7 Å². The third-order valence-corrected chi connectivity index (χ3v) is 7.47. The molecule has 190 valence electrons. The molecule has 0 heterocycles. The third kappa shape index (κ3) is 8.99. The lowest BCUT2D eigenvalue weighted by molar-refractivity contribution is 0.100. The molecule has 0 saturated heterocycles. The lowest BCUT2D eigenvalue weighted by Gasteiger charge is -2.44. The second-order valence-corrected chi connectivity index (χ2v) is 10.9. The van der Waals surface area contributed by atoms with Gasteiger partial charge in [0, 0.05) is 0 Å². The van der Waals surface area contributed by atoms with Gasteiger partial charge in [-0.05, 0) is 102 Å². The Morgan fingerprint density at radius 2 is 1.63 bits per heavy atom.